The highest BCUT2D eigenvalue weighted by molar-refractivity contribution is 5.76. The normalized spacial score (nSPS) is 18.7. The van der Waals surface area contributed by atoms with Gasteiger partial charge in [0.1, 0.15) is 24.4 Å². The molecule has 0 spiro atoms. The lowest BCUT2D eigenvalue weighted by Crippen LogP contribution is -2.60. The molecule has 1 aliphatic heterocycles. The van der Waals surface area contributed by atoms with Gasteiger partial charge in [-0.25, -0.2) is 0 Å². The third-order valence-electron chi connectivity index (χ3n) is 15.6. The lowest BCUT2D eigenvalue weighted by molar-refractivity contribution is -0.302. The van der Waals surface area contributed by atoms with E-state index in [0.29, 0.717) is 19.4 Å². The monoisotopic (exact) mass is 1130 g/mol. The van der Waals surface area contributed by atoms with Crippen molar-refractivity contribution >= 4 is 11.9 Å². The van der Waals surface area contributed by atoms with E-state index < -0.39 is 49.5 Å². The Kier molecular flexibility index (Phi) is 54.8. The fourth-order valence-electron chi connectivity index (χ4n) is 10.2. The number of nitrogens with one attached hydrogen (secondary N) is 1. The van der Waals surface area contributed by atoms with Crippen LogP contribution in [0.3, 0.4) is 0 Å². The third kappa shape index (κ3) is 46.8. The smallest absolute Gasteiger partial charge is 0.305 e. The van der Waals surface area contributed by atoms with Crippen molar-refractivity contribution in [3.05, 3.63) is 60.8 Å². The molecule has 1 saturated heterocycles. The van der Waals surface area contributed by atoms with Crippen LogP contribution >= 0.6 is 0 Å². The van der Waals surface area contributed by atoms with Crippen molar-refractivity contribution < 1.29 is 49.3 Å². The fourth-order valence-corrected chi connectivity index (χ4v) is 10.2. The molecule has 0 bridgehead atoms. The highest BCUT2D eigenvalue weighted by Gasteiger charge is 2.44. The molecular formula is C69H125NO10. The second-order valence-electron chi connectivity index (χ2n) is 23.2. The Hall–Kier alpha value is -2.64. The van der Waals surface area contributed by atoms with Gasteiger partial charge in [0.25, 0.3) is 0 Å². The SMILES string of the molecule is CCCC/C=C\C/C=C\CCCCCCCC(=O)OCCCCCCCCCCC/C=C\C/C=C\CCCCCCCCCCCC(=O)NC(COC1OC(CO)C(O)C(O)C1O)C(O)/C=C/CCCCCCCCCCCCC. The number of allylic oxidation sites excluding steroid dienone is 9. The predicted molar refractivity (Wildman–Crippen MR) is 333 cm³/mol. The van der Waals surface area contributed by atoms with Gasteiger partial charge < -0.3 is 45.1 Å². The first-order valence-electron chi connectivity index (χ1n) is 33.6. The Morgan fingerprint density at radius 3 is 1.30 bits per heavy atom. The van der Waals surface area contributed by atoms with Gasteiger partial charge in [-0.05, 0) is 89.9 Å². The Morgan fingerprint density at radius 2 is 0.850 bits per heavy atom. The number of amides is 1. The number of esters is 1. The lowest BCUT2D eigenvalue weighted by Gasteiger charge is -2.40. The summed E-state index contributed by atoms with van der Waals surface area (Å²) in [5, 5.41) is 54.5. The molecule has 0 radical (unpaired) electrons. The summed E-state index contributed by atoms with van der Waals surface area (Å²) in [7, 11) is 0. The molecule has 0 aromatic carbocycles. The molecule has 0 aliphatic carbocycles. The van der Waals surface area contributed by atoms with E-state index in [0.717, 1.165) is 96.3 Å². The number of ether oxygens (including phenoxy) is 3. The van der Waals surface area contributed by atoms with Gasteiger partial charge in [0, 0.05) is 12.8 Å². The molecular weight excluding hydrogens is 1000 g/mol. The molecule has 1 heterocycles. The number of aliphatic hydroxyl groups is 5. The summed E-state index contributed by atoms with van der Waals surface area (Å²) in [6.45, 7) is 4.30. The van der Waals surface area contributed by atoms with Crippen LogP contribution in [0.15, 0.2) is 60.8 Å². The predicted octanol–water partition coefficient (Wildman–Crippen LogP) is 16.6. The second kappa shape index (κ2) is 58.1. The van der Waals surface area contributed by atoms with E-state index in [1.54, 1.807) is 6.08 Å². The molecule has 0 saturated carbocycles. The lowest BCUT2D eigenvalue weighted by atomic mass is 9.99. The van der Waals surface area contributed by atoms with Gasteiger partial charge in [0.05, 0.1) is 32.0 Å². The van der Waals surface area contributed by atoms with Gasteiger partial charge in [-0.1, -0.05) is 261 Å². The van der Waals surface area contributed by atoms with Crippen LogP contribution in [0.2, 0.25) is 0 Å². The van der Waals surface area contributed by atoms with Crippen LogP contribution in [-0.2, 0) is 23.8 Å². The van der Waals surface area contributed by atoms with Crippen molar-refractivity contribution in [2.45, 2.75) is 346 Å². The van der Waals surface area contributed by atoms with Crippen LogP contribution < -0.4 is 5.32 Å². The Balaban J connectivity index is 2.03. The summed E-state index contributed by atoms with van der Waals surface area (Å²) in [4.78, 5) is 25.1. The van der Waals surface area contributed by atoms with Gasteiger partial charge in [0.15, 0.2) is 6.29 Å². The summed E-state index contributed by atoms with van der Waals surface area (Å²) in [6.07, 6.45) is 66.1. The minimum absolute atomic E-state index is 0.0166. The van der Waals surface area contributed by atoms with Gasteiger partial charge in [0.2, 0.25) is 5.91 Å². The van der Waals surface area contributed by atoms with Crippen molar-refractivity contribution in [3.8, 4) is 0 Å². The first-order valence-corrected chi connectivity index (χ1v) is 33.6. The third-order valence-corrected chi connectivity index (χ3v) is 15.6. The summed E-state index contributed by atoms with van der Waals surface area (Å²) in [6, 6.07) is -0.816. The molecule has 466 valence electrons. The van der Waals surface area contributed by atoms with Crippen LogP contribution in [-0.4, -0.2) is 100 Å². The van der Waals surface area contributed by atoms with E-state index in [2.05, 4.69) is 67.8 Å². The van der Waals surface area contributed by atoms with E-state index >= 15 is 0 Å². The molecule has 80 heavy (non-hydrogen) atoms. The summed E-state index contributed by atoms with van der Waals surface area (Å²) in [5.41, 5.74) is 0. The fraction of sp³-hybridized carbons (Fsp3) is 0.826. The van der Waals surface area contributed by atoms with Crippen molar-refractivity contribution in [3.63, 3.8) is 0 Å². The van der Waals surface area contributed by atoms with Crippen molar-refractivity contribution in [1.82, 2.24) is 5.32 Å². The van der Waals surface area contributed by atoms with Gasteiger partial charge >= 0.3 is 5.97 Å². The maximum absolute atomic E-state index is 13.1. The van der Waals surface area contributed by atoms with Crippen molar-refractivity contribution in [2.24, 2.45) is 0 Å². The first-order chi connectivity index (χ1) is 39.2. The van der Waals surface area contributed by atoms with Crippen molar-refractivity contribution in [2.75, 3.05) is 19.8 Å². The van der Waals surface area contributed by atoms with Gasteiger partial charge in [-0.3, -0.25) is 9.59 Å². The first kappa shape index (κ1) is 75.4. The average Bonchev–Trinajstić information content (AvgIpc) is 3.47. The number of unbranched alkanes of at least 4 members (excludes halogenated alkanes) is 36. The molecule has 1 amide bonds. The molecule has 7 atom stereocenters. The molecule has 11 nitrogen and oxygen atoms in total. The maximum atomic E-state index is 13.1. The summed E-state index contributed by atoms with van der Waals surface area (Å²) >= 11 is 0. The van der Waals surface area contributed by atoms with Crippen LogP contribution in [0.1, 0.15) is 303 Å². The maximum Gasteiger partial charge on any atom is 0.305 e. The zero-order chi connectivity index (χ0) is 58.0. The molecule has 1 fully saturated rings. The highest BCUT2D eigenvalue weighted by Crippen LogP contribution is 2.23. The number of carbonyl (C=O) groups is 2. The molecule has 1 rings (SSSR count). The number of hydrogen-bond acceptors (Lipinski definition) is 10. The average molecular weight is 1130 g/mol. The van der Waals surface area contributed by atoms with Gasteiger partial charge in [-0.15, -0.1) is 0 Å². The standard InChI is InChI=1S/C69H125NO10/c1-3-5-7-9-11-13-15-17-33-37-41-45-49-53-57-65(74)78-58-54-50-46-42-38-34-30-28-26-24-22-20-18-19-21-23-25-27-29-32-36-40-44-48-52-56-64(73)70-61(60-79-69-68(77)67(76)66(75)63(59-71)80-69)62(72)55-51-47-43-39-35-31-16-14-12-10-8-6-4-2/h9,11,15,17,19-22,51,55,61-63,66-69,71-72,75-77H,3-8,10,12-14,16,18,23-50,52-54,56-60H2,1-2H3,(H,70,73)/b11-9-,17-15-,21-19-,22-20-,55-51+. The minimum atomic E-state index is -1.57. The van der Waals surface area contributed by atoms with Crippen LogP contribution in [0.4, 0.5) is 0 Å². The Morgan fingerprint density at radius 1 is 0.463 bits per heavy atom. The quantitative estimate of drug-likeness (QED) is 0.0195. The molecule has 1 aliphatic rings. The Labute approximate surface area is 490 Å². The number of carbonyl (C=O) groups excluding carboxylic acids is 2. The molecule has 0 aromatic heterocycles. The van der Waals surface area contributed by atoms with E-state index in [1.807, 2.05) is 6.08 Å². The topological polar surface area (TPSA) is 175 Å². The second-order valence-corrected chi connectivity index (χ2v) is 23.2. The number of aliphatic hydroxyl groups excluding tert-OH is 5. The Bertz CT molecular complexity index is 1510. The van der Waals surface area contributed by atoms with Crippen molar-refractivity contribution in [1.29, 1.82) is 0 Å². The summed E-state index contributed by atoms with van der Waals surface area (Å²) < 4.78 is 16.7. The molecule has 7 unspecified atom stereocenters. The molecule has 6 N–H and O–H groups in total. The zero-order valence-electron chi connectivity index (χ0n) is 51.5. The van der Waals surface area contributed by atoms with E-state index in [9.17, 15) is 35.1 Å². The number of hydrogen-bond donors (Lipinski definition) is 6. The molecule has 0 aromatic rings. The number of rotatable bonds is 58. The highest BCUT2D eigenvalue weighted by atomic mass is 16.7. The summed E-state index contributed by atoms with van der Waals surface area (Å²) in [5.74, 6) is -0.204. The largest absolute Gasteiger partial charge is 0.466 e. The van der Waals surface area contributed by atoms with Crippen LogP contribution in [0.5, 0.6) is 0 Å². The van der Waals surface area contributed by atoms with Crippen LogP contribution in [0.25, 0.3) is 0 Å². The molecule has 11 heteroatoms. The van der Waals surface area contributed by atoms with E-state index in [-0.39, 0.29) is 18.5 Å². The van der Waals surface area contributed by atoms with Gasteiger partial charge in [-0.2, -0.15) is 0 Å². The van der Waals surface area contributed by atoms with Crippen LogP contribution in [0, 0.1) is 0 Å². The zero-order valence-corrected chi connectivity index (χ0v) is 51.5. The van der Waals surface area contributed by atoms with E-state index in [1.165, 1.54) is 180 Å². The van der Waals surface area contributed by atoms with E-state index in [4.69, 9.17) is 14.2 Å². The minimum Gasteiger partial charge on any atom is -0.466 e.